The van der Waals surface area contributed by atoms with Gasteiger partial charge in [-0.15, -0.1) is 5.10 Å². The van der Waals surface area contributed by atoms with Crippen LogP contribution in [-0.2, 0) is 0 Å². The number of benzene rings is 1. The topological polar surface area (TPSA) is 113 Å². The van der Waals surface area contributed by atoms with E-state index in [2.05, 4.69) is 28.2 Å². The number of ether oxygens (including phenoxy) is 1. The van der Waals surface area contributed by atoms with Crippen LogP contribution in [0.2, 0.25) is 0 Å². The molecule has 2 N–H and O–H groups in total. The number of rotatable bonds is 7. The lowest BCUT2D eigenvalue weighted by atomic mass is 10.1. The van der Waals surface area contributed by atoms with Crippen molar-refractivity contribution in [3.8, 4) is 11.4 Å². The van der Waals surface area contributed by atoms with Gasteiger partial charge in [-0.1, -0.05) is 0 Å². The third kappa shape index (κ3) is 4.74. The predicted molar refractivity (Wildman–Crippen MR) is 153 cm³/mol. The smallest absolute Gasteiger partial charge is 0.272 e. The van der Waals surface area contributed by atoms with Gasteiger partial charge in [-0.2, -0.15) is 4.98 Å². The average Bonchev–Trinajstić information content (AvgIpc) is 3.74. The van der Waals surface area contributed by atoms with Gasteiger partial charge in [-0.3, -0.25) is 4.79 Å². The first kappa shape index (κ1) is 26.1. The number of hydrogen-bond acceptors (Lipinski definition) is 8. The summed E-state index contributed by atoms with van der Waals surface area (Å²) < 4.78 is 9.16. The first-order chi connectivity index (χ1) is 19.5. The number of aryl methyl sites for hydroxylation is 1. The zero-order chi connectivity index (χ0) is 27.8. The molecular weight excluding hydrogens is 508 g/mol. The number of amides is 1. The van der Waals surface area contributed by atoms with Gasteiger partial charge in [0.2, 0.25) is 5.95 Å². The number of methoxy groups -OCH3 is 1. The standard InChI is InChI=1S/C29H36N8O3/c1-19-14-22(15-25(40-3)20(19)2)35-16-26(30-18-35)31-29-32-27(36-13-7-8-21(36)17-38)23-9-10-24(37(23)33-29)28(39)34-11-5-4-6-12-34/h9-10,14-16,18,21,38H,4-8,11-13,17H2,1-3H3,(H,31,33)/t21-/m0/s1. The number of aliphatic hydroxyl groups is 1. The molecule has 2 aliphatic heterocycles. The summed E-state index contributed by atoms with van der Waals surface area (Å²) in [5.74, 6) is 2.39. The Morgan fingerprint density at radius 2 is 1.95 bits per heavy atom. The van der Waals surface area contributed by atoms with Crippen molar-refractivity contribution in [1.82, 2.24) is 29.0 Å². The molecular formula is C29H36N8O3. The van der Waals surface area contributed by atoms with E-state index in [1.54, 1.807) is 18.0 Å². The van der Waals surface area contributed by atoms with Gasteiger partial charge < -0.3 is 29.5 Å². The van der Waals surface area contributed by atoms with Gasteiger partial charge in [0.1, 0.15) is 23.3 Å². The molecule has 3 aromatic heterocycles. The van der Waals surface area contributed by atoms with Gasteiger partial charge in [0, 0.05) is 25.7 Å². The molecule has 0 unspecified atom stereocenters. The van der Waals surface area contributed by atoms with Crippen LogP contribution in [0.4, 0.5) is 17.6 Å². The summed E-state index contributed by atoms with van der Waals surface area (Å²) in [5.41, 5.74) is 4.41. The first-order valence-corrected chi connectivity index (χ1v) is 14.0. The van der Waals surface area contributed by atoms with Crippen LogP contribution in [0.15, 0.2) is 36.8 Å². The van der Waals surface area contributed by atoms with E-state index in [-0.39, 0.29) is 18.6 Å². The minimum Gasteiger partial charge on any atom is -0.496 e. The van der Waals surface area contributed by atoms with Crippen molar-refractivity contribution < 1.29 is 14.6 Å². The van der Waals surface area contributed by atoms with Crippen molar-refractivity contribution in [1.29, 1.82) is 0 Å². The van der Waals surface area contributed by atoms with Gasteiger partial charge >= 0.3 is 0 Å². The van der Waals surface area contributed by atoms with E-state index in [0.29, 0.717) is 23.3 Å². The molecule has 2 saturated heterocycles. The molecule has 1 amide bonds. The zero-order valence-electron chi connectivity index (χ0n) is 23.3. The van der Waals surface area contributed by atoms with Crippen LogP contribution in [0.5, 0.6) is 5.75 Å². The van der Waals surface area contributed by atoms with E-state index in [9.17, 15) is 9.90 Å². The highest BCUT2D eigenvalue weighted by Crippen LogP contribution is 2.31. The van der Waals surface area contributed by atoms with Crippen molar-refractivity contribution in [3.05, 3.63) is 53.6 Å². The van der Waals surface area contributed by atoms with E-state index in [0.717, 1.165) is 79.8 Å². The number of carbonyl (C=O) groups excluding carboxylic acids is 1. The molecule has 0 aliphatic carbocycles. The summed E-state index contributed by atoms with van der Waals surface area (Å²) >= 11 is 0. The second-order valence-electron chi connectivity index (χ2n) is 10.7. The summed E-state index contributed by atoms with van der Waals surface area (Å²) in [4.78, 5) is 27.0. The van der Waals surface area contributed by atoms with E-state index in [4.69, 9.17) is 14.8 Å². The zero-order valence-corrected chi connectivity index (χ0v) is 23.3. The van der Waals surface area contributed by atoms with Crippen molar-refractivity contribution in [2.75, 3.05) is 43.6 Å². The molecule has 0 spiro atoms. The Morgan fingerprint density at radius 3 is 2.73 bits per heavy atom. The molecule has 210 valence electrons. The number of anilines is 3. The minimum absolute atomic E-state index is 0.0246. The fourth-order valence-electron chi connectivity index (χ4n) is 5.78. The molecule has 1 atom stereocenters. The van der Waals surface area contributed by atoms with Crippen molar-refractivity contribution in [2.45, 2.75) is 52.0 Å². The van der Waals surface area contributed by atoms with Crippen molar-refractivity contribution in [2.24, 2.45) is 0 Å². The van der Waals surface area contributed by atoms with Gasteiger partial charge in [0.05, 0.1) is 31.6 Å². The van der Waals surface area contributed by atoms with Crippen LogP contribution < -0.4 is 15.0 Å². The number of hydrogen-bond donors (Lipinski definition) is 2. The number of aromatic nitrogens is 5. The highest BCUT2D eigenvalue weighted by molar-refractivity contribution is 5.95. The monoisotopic (exact) mass is 544 g/mol. The fraction of sp³-hybridized carbons (Fsp3) is 0.448. The molecule has 2 fully saturated rings. The lowest BCUT2D eigenvalue weighted by Gasteiger charge is -2.27. The number of fused-ring (bicyclic) bond motifs is 1. The number of carbonyl (C=O) groups is 1. The number of imidazole rings is 1. The van der Waals surface area contributed by atoms with Gasteiger partial charge in [-0.25, -0.2) is 9.50 Å². The minimum atomic E-state index is -0.0262. The highest BCUT2D eigenvalue weighted by Gasteiger charge is 2.29. The molecule has 11 nitrogen and oxygen atoms in total. The fourth-order valence-corrected chi connectivity index (χ4v) is 5.78. The average molecular weight is 545 g/mol. The highest BCUT2D eigenvalue weighted by atomic mass is 16.5. The van der Waals surface area contributed by atoms with Gasteiger partial charge in [-0.05, 0) is 75.3 Å². The second kappa shape index (κ2) is 10.8. The molecule has 11 heteroatoms. The molecule has 1 aromatic carbocycles. The van der Waals surface area contributed by atoms with Crippen molar-refractivity contribution >= 4 is 29.0 Å². The SMILES string of the molecule is COc1cc(-n2cnc(Nc3nc(N4CCC[C@H]4CO)c4ccc(C(=O)N5CCCCC5)n4n3)c2)cc(C)c1C. The molecule has 0 radical (unpaired) electrons. The van der Waals surface area contributed by atoms with Crippen LogP contribution in [0.3, 0.4) is 0 Å². The van der Waals surface area contributed by atoms with Gasteiger partial charge in [0.25, 0.3) is 5.91 Å². The molecule has 6 rings (SSSR count). The number of nitrogens with zero attached hydrogens (tertiary/aromatic N) is 7. The molecule has 4 aromatic rings. The van der Waals surface area contributed by atoms with E-state index in [1.165, 1.54) is 0 Å². The first-order valence-electron chi connectivity index (χ1n) is 14.0. The summed E-state index contributed by atoms with van der Waals surface area (Å²) in [6.45, 7) is 6.43. The molecule has 0 saturated carbocycles. The lowest BCUT2D eigenvalue weighted by Crippen LogP contribution is -2.36. The third-order valence-corrected chi connectivity index (χ3v) is 8.16. The number of piperidine rings is 1. The van der Waals surface area contributed by atoms with E-state index >= 15 is 0 Å². The Balaban J connectivity index is 1.37. The third-order valence-electron chi connectivity index (χ3n) is 8.16. The van der Waals surface area contributed by atoms with Crippen LogP contribution in [0.1, 0.15) is 53.7 Å². The number of nitrogens with one attached hydrogen (secondary N) is 1. The van der Waals surface area contributed by atoms with Gasteiger partial charge in [0.15, 0.2) is 11.6 Å². The predicted octanol–water partition coefficient (Wildman–Crippen LogP) is 3.87. The molecule has 2 aliphatic rings. The number of likely N-dealkylation sites (tertiary alicyclic amines) is 1. The Labute approximate surface area is 233 Å². The number of aliphatic hydroxyl groups excluding tert-OH is 1. The summed E-state index contributed by atoms with van der Waals surface area (Å²) in [6.07, 6.45) is 8.64. The largest absolute Gasteiger partial charge is 0.496 e. The van der Waals surface area contributed by atoms with Crippen LogP contribution in [0.25, 0.3) is 11.2 Å². The van der Waals surface area contributed by atoms with Crippen molar-refractivity contribution in [3.63, 3.8) is 0 Å². The van der Waals surface area contributed by atoms with Crippen LogP contribution in [0, 0.1) is 13.8 Å². The normalized spacial score (nSPS) is 17.6. The Kier molecular flexibility index (Phi) is 7.05. The Bertz CT molecular complexity index is 1540. The summed E-state index contributed by atoms with van der Waals surface area (Å²) in [7, 11) is 1.67. The molecule has 40 heavy (non-hydrogen) atoms. The van der Waals surface area contributed by atoms with Crippen LogP contribution in [-0.4, -0.2) is 79.5 Å². The second-order valence-corrected chi connectivity index (χ2v) is 10.7. The summed E-state index contributed by atoms with van der Waals surface area (Å²) in [6, 6.07) is 7.78. The molecule has 5 heterocycles. The quantitative estimate of drug-likeness (QED) is 0.361. The Hall–Kier alpha value is -4.12. The van der Waals surface area contributed by atoms with E-state index < -0.39 is 0 Å². The Morgan fingerprint density at radius 1 is 1.12 bits per heavy atom. The molecule has 0 bridgehead atoms. The maximum absolute atomic E-state index is 13.5. The van der Waals surface area contributed by atoms with E-state index in [1.807, 2.05) is 40.8 Å². The summed E-state index contributed by atoms with van der Waals surface area (Å²) in [5, 5.41) is 18.0. The lowest BCUT2D eigenvalue weighted by molar-refractivity contribution is 0.0716. The maximum atomic E-state index is 13.5. The van der Waals surface area contributed by atoms with Crippen LogP contribution >= 0.6 is 0 Å². The maximum Gasteiger partial charge on any atom is 0.272 e.